The molecule has 0 saturated carbocycles. The highest BCUT2D eigenvalue weighted by molar-refractivity contribution is 9.10. The van der Waals surface area contributed by atoms with Crippen molar-refractivity contribution in [2.24, 2.45) is 5.10 Å². The number of benzene rings is 1. The molecule has 5 rings (SSSR count). The van der Waals surface area contributed by atoms with Gasteiger partial charge in [-0.2, -0.15) is 10.1 Å². The number of fused-ring (bicyclic) bond motifs is 2. The van der Waals surface area contributed by atoms with Crippen LogP contribution in [0.2, 0.25) is 0 Å². The predicted molar refractivity (Wildman–Crippen MR) is 122 cm³/mol. The highest BCUT2D eigenvalue weighted by Gasteiger charge is 2.18. The highest BCUT2D eigenvalue weighted by atomic mass is 79.9. The third kappa shape index (κ3) is 3.69. The molecule has 0 atom stereocenters. The van der Waals surface area contributed by atoms with Gasteiger partial charge in [-0.25, -0.2) is 10.4 Å². The fraction of sp³-hybridized carbons (Fsp3) is 0.200. The van der Waals surface area contributed by atoms with Crippen LogP contribution in [0.4, 0.5) is 11.8 Å². The van der Waals surface area contributed by atoms with E-state index in [2.05, 4.69) is 41.3 Å². The van der Waals surface area contributed by atoms with Gasteiger partial charge in [-0.15, -0.1) is 11.3 Å². The molecule has 0 spiro atoms. The van der Waals surface area contributed by atoms with E-state index in [9.17, 15) is 4.79 Å². The lowest BCUT2D eigenvalue weighted by Crippen LogP contribution is -2.36. The van der Waals surface area contributed by atoms with Crippen LogP contribution < -0.4 is 15.8 Å². The number of hydrazone groups is 1. The zero-order valence-corrected chi connectivity index (χ0v) is 18.1. The lowest BCUT2D eigenvalue weighted by Gasteiger charge is -2.28. The van der Waals surface area contributed by atoms with Crippen molar-refractivity contribution in [3.63, 3.8) is 0 Å². The zero-order chi connectivity index (χ0) is 20.5. The summed E-state index contributed by atoms with van der Waals surface area (Å²) in [5, 5.41) is 6.65. The van der Waals surface area contributed by atoms with Gasteiger partial charge >= 0.3 is 0 Å². The molecule has 1 fully saturated rings. The predicted octanol–water partition coefficient (Wildman–Crippen LogP) is 3.84. The maximum atomic E-state index is 12.7. The Bertz CT molecular complexity index is 1310. The molecule has 0 unspecified atom stereocenters. The number of ether oxygens (including phenoxy) is 1. The number of aromatic nitrogens is 2. The van der Waals surface area contributed by atoms with Gasteiger partial charge in [0.25, 0.3) is 0 Å². The molecule has 4 heterocycles. The molecular formula is C20H16BrN5O3S. The molecule has 1 N–H and O–H groups in total. The summed E-state index contributed by atoms with van der Waals surface area (Å²) >= 11 is 4.99. The Morgan fingerprint density at radius 1 is 1.23 bits per heavy atom. The molecule has 1 aliphatic rings. The molecule has 4 aromatic rings. The van der Waals surface area contributed by atoms with E-state index in [-0.39, 0.29) is 5.43 Å². The van der Waals surface area contributed by atoms with Gasteiger partial charge in [-0.3, -0.25) is 4.79 Å². The van der Waals surface area contributed by atoms with E-state index in [1.807, 2.05) is 17.5 Å². The maximum Gasteiger partial charge on any atom is 0.246 e. The first-order valence-electron chi connectivity index (χ1n) is 9.27. The molecule has 3 aromatic heterocycles. The van der Waals surface area contributed by atoms with Gasteiger partial charge in [0.1, 0.15) is 11.8 Å². The highest BCUT2D eigenvalue weighted by Crippen LogP contribution is 2.30. The molecular weight excluding hydrogens is 470 g/mol. The van der Waals surface area contributed by atoms with E-state index in [1.54, 1.807) is 23.5 Å². The smallest absolute Gasteiger partial charge is 0.246 e. The van der Waals surface area contributed by atoms with Gasteiger partial charge in [0.2, 0.25) is 11.4 Å². The maximum absolute atomic E-state index is 12.7. The first-order valence-corrected chi connectivity index (χ1v) is 10.9. The van der Waals surface area contributed by atoms with Crippen molar-refractivity contribution in [1.29, 1.82) is 0 Å². The summed E-state index contributed by atoms with van der Waals surface area (Å²) < 4.78 is 12.8. The number of halogens is 1. The zero-order valence-electron chi connectivity index (χ0n) is 15.7. The summed E-state index contributed by atoms with van der Waals surface area (Å²) in [4.78, 5) is 24.0. The van der Waals surface area contributed by atoms with Crippen LogP contribution in [0.25, 0.3) is 21.2 Å². The summed E-state index contributed by atoms with van der Waals surface area (Å²) in [7, 11) is 0. The molecule has 152 valence electrons. The molecule has 0 bridgehead atoms. The van der Waals surface area contributed by atoms with Crippen LogP contribution in [0.5, 0.6) is 0 Å². The van der Waals surface area contributed by atoms with Crippen LogP contribution in [0, 0.1) is 0 Å². The van der Waals surface area contributed by atoms with Gasteiger partial charge in [0, 0.05) is 17.6 Å². The summed E-state index contributed by atoms with van der Waals surface area (Å²) in [6, 6.07) is 7.26. The molecule has 8 nitrogen and oxygen atoms in total. The van der Waals surface area contributed by atoms with Crippen LogP contribution in [-0.4, -0.2) is 42.5 Å². The minimum atomic E-state index is -0.161. The van der Waals surface area contributed by atoms with E-state index in [4.69, 9.17) is 9.15 Å². The molecule has 1 saturated heterocycles. The Hall–Kier alpha value is -2.82. The first kappa shape index (κ1) is 19.2. The lowest BCUT2D eigenvalue weighted by atomic mass is 10.2. The standard InChI is InChI=1S/C20H16BrN5O3S/c21-13-1-2-16-14(9-13)17(27)12(11-29-16)10-22-25-20-23-15-3-8-30-18(15)19(24-20)26-4-6-28-7-5-26/h1-3,8-11H,4-7H2,(H,23,24,25)/b22-10+. The first-order chi connectivity index (χ1) is 14.7. The van der Waals surface area contributed by atoms with Crippen molar-refractivity contribution >= 4 is 66.4 Å². The van der Waals surface area contributed by atoms with Crippen LogP contribution in [0.1, 0.15) is 5.56 Å². The van der Waals surface area contributed by atoms with Crippen molar-refractivity contribution < 1.29 is 9.15 Å². The number of nitrogens with one attached hydrogen (secondary N) is 1. The molecule has 30 heavy (non-hydrogen) atoms. The average Bonchev–Trinajstić information content (AvgIpc) is 3.24. The van der Waals surface area contributed by atoms with Crippen LogP contribution in [-0.2, 0) is 4.74 Å². The van der Waals surface area contributed by atoms with Crippen molar-refractivity contribution in [3.8, 4) is 0 Å². The second kappa shape index (κ2) is 8.13. The average molecular weight is 486 g/mol. The van der Waals surface area contributed by atoms with Crippen molar-refractivity contribution in [3.05, 3.63) is 56.2 Å². The second-order valence-electron chi connectivity index (χ2n) is 6.64. The molecule has 0 radical (unpaired) electrons. The largest absolute Gasteiger partial charge is 0.463 e. The minimum absolute atomic E-state index is 0.161. The normalized spacial score (nSPS) is 14.8. The summed E-state index contributed by atoms with van der Waals surface area (Å²) in [5.41, 5.74) is 4.39. The van der Waals surface area contributed by atoms with E-state index < -0.39 is 0 Å². The Balaban J connectivity index is 1.44. The Kier molecular flexibility index (Phi) is 5.19. The van der Waals surface area contributed by atoms with E-state index in [1.165, 1.54) is 12.5 Å². The van der Waals surface area contributed by atoms with Gasteiger partial charge < -0.3 is 14.1 Å². The number of rotatable bonds is 4. The number of hydrogen-bond donors (Lipinski definition) is 1. The number of anilines is 2. The number of hydrogen-bond acceptors (Lipinski definition) is 9. The van der Waals surface area contributed by atoms with Crippen LogP contribution >= 0.6 is 27.3 Å². The van der Waals surface area contributed by atoms with Gasteiger partial charge in [-0.1, -0.05) is 15.9 Å². The topological polar surface area (TPSA) is 92.9 Å². The van der Waals surface area contributed by atoms with Gasteiger partial charge in [0.15, 0.2) is 5.82 Å². The minimum Gasteiger partial charge on any atom is -0.463 e. The number of nitrogens with zero attached hydrogens (tertiary/aromatic N) is 4. The monoisotopic (exact) mass is 485 g/mol. The molecule has 1 aromatic carbocycles. The Labute approximate surface area is 183 Å². The fourth-order valence-electron chi connectivity index (χ4n) is 3.25. The molecule has 10 heteroatoms. The van der Waals surface area contributed by atoms with Gasteiger partial charge in [0.05, 0.1) is 40.6 Å². The fourth-order valence-corrected chi connectivity index (χ4v) is 4.46. The van der Waals surface area contributed by atoms with Crippen LogP contribution in [0.3, 0.4) is 0 Å². The van der Waals surface area contributed by atoms with E-state index >= 15 is 0 Å². The molecule has 0 amide bonds. The van der Waals surface area contributed by atoms with E-state index in [0.717, 1.165) is 33.6 Å². The number of morpholine rings is 1. The Morgan fingerprint density at radius 3 is 2.97 bits per heavy atom. The lowest BCUT2D eigenvalue weighted by molar-refractivity contribution is 0.122. The SMILES string of the molecule is O=c1c(/C=N/Nc2nc(N3CCOCC3)c3sccc3n2)coc2ccc(Br)cc12. The van der Waals surface area contributed by atoms with Crippen molar-refractivity contribution in [2.45, 2.75) is 0 Å². The van der Waals surface area contributed by atoms with Crippen molar-refractivity contribution in [1.82, 2.24) is 9.97 Å². The summed E-state index contributed by atoms with van der Waals surface area (Å²) in [6.07, 6.45) is 2.81. The molecule has 1 aliphatic heterocycles. The van der Waals surface area contributed by atoms with Crippen molar-refractivity contribution in [2.75, 3.05) is 36.6 Å². The van der Waals surface area contributed by atoms with Crippen LogP contribution in [0.15, 0.2) is 54.7 Å². The van der Waals surface area contributed by atoms with E-state index in [0.29, 0.717) is 35.7 Å². The number of thiophene rings is 1. The second-order valence-corrected chi connectivity index (χ2v) is 8.47. The quantitative estimate of drug-likeness (QED) is 0.346. The summed E-state index contributed by atoms with van der Waals surface area (Å²) in [6.45, 7) is 2.90. The van der Waals surface area contributed by atoms with Gasteiger partial charge in [-0.05, 0) is 29.6 Å². The third-order valence-electron chi connectivity index (χ3n) is 4.73. The molecule has 0 aliphatic carbocycles. The Morgan fingerprint density at radius 2 is 2.10 bits per heavy atom. The third-order valence-corrected chi connectivity index (χ3v) is 6.12. The summed E-state index contributed by atoms with van der Waals surface area (Å²) in [5.74, 6) is 1.23.